The van der Waals surface area contributed by atoms with Gasteiger partial charge in [0.15, 0.2) is 5.75 Å². The van der Waals surface area contributed by atoms with Gasteiger partial charge in [0, 0.05) is 4.47 Å². The van der Waals surface area contributed by atoms with E-state index in [0.29, 0.717) is 28.0 Å². The van der Waals surface area contributed by atoms with Crippen molar-refractivity contribution in [1.82, 2.24) is 0 Å². The van der Waals surface area contributed by atoms with Crippen LogP contribution in [0.1, 0.15) is 11.1 Å². The topological polar surface area (TPSA) is 41.8 Å². The number of nitrogens with zero attached hydrogens (tertiary/aromatic N) is 1. The van der Waals surface area contributed by atoms with Crippen molar-refractivity contribution in [2.75, 3.05) is 0 Å². The molecule has 0 radical (unpaired) electrons. The maximum absolute atomic E-state index is 8.49. The second kappa shape index (κ2) is 6.97. The van der Waals surface area contributed by atoms with Crippen LogP contribution in [0.5, 0.6) is 5.75 Å². The van der Waals surface area contributed by atoms with Gasteiger partial charge < -0.3 is 9.94 Å². The molecule has 0 amide bonds. The number of halogens is 3. The molecule has 2 rings (SSSR count). The highest BCUT2D eigenvalue weighted by atomic mass is 79.9. The van der Waals surface area contributed by atoms with E-state index in [1.165, 1.54) is 6.21 Å². The monoisotopic (exact) mass is 373 g/mol. The number of oxime groups is 1. The zero-order chi connectivity index (χ0) is 14.5. The molecule has 2 aromatic rings. The van der Waals surface area contributed by atoms with Gasteiger partial charge >= 0.3 is 0 Å². The molecule has 104 valence electrons. The average molecular weight is 375 g/mol. The van der Waals surface area contributed by atoms with Gasteiger partial charge in [0.05, 0.1) is 16.3 Å². The lowest BCUT2D eigenvalue weighted by molar-refractivity contribution is 0.306. The first-order chi connectivity index (χ1) is 9.60. The van der Waals surface area contributed by atoms with Crippen molar-refractivity contribution in [1.29, 1.82) is 0 Å². The molecule has 0 atom stereocenters. The normalized spacial score (nSPS) is 10.9. The van der Waals surface area contributed by atoms with E-state index in [4.69, 9.17) is 33.1 Å². The summed E-state index contributed by atoms with van der Waals surface area (Å²) >= 11 is 15.6. The maximum atomic E-state index is 8.49. The molecule has 0 aliphatic carbocycles. The predicted molar refractivity (Wildman–Crippen MR) is 84.3 cm³/mol. The Bertz CT molecular complexity index is 607. The molecule has 20 heavy (non-hydrogen) atoms. The molecule has 6 heteroatoms. The Kier molecular flexibility index (Phi) is 5.29. The third-order valence-electron chi connectivity index (χ3n) is 2.52. The summed E-state index contributed by atoms with van der Waals surface area (Å²) in [5, 5.41) is 12.2. The Labute approximate surface area is 134 Å². The summed E-state index contributed by atoms with van der Waals surface area (Å²) < 4.78 is 6.65. The highest BCUT2D eigenvalue weighted by molar-refractivity contribution is 9.10. The van der Waals surface area contributed by atoms with Crippen molar-refractivity contribution < 1.29 is 9.94 Å². The van der Waals surface area contributed by atoms with E-state index < -0.39 is 0 Å². The van der Waals surface area contributed by atoms with Crippen molar-refractivity contribution in [2.24, 2.45) is 5.16 Å². The second-order valence-electron chi connectivity index (χ2n) is 3.97. The average Bonchev–Trinajstić information content (AvgIpc) is 2.40. The molecule has 0 aliphatic rings. The summed E-state index contributed by atoms with van der Waals surface area (Å²) in [5.74, 6) is 0.409. The largest absolute Gasteiger partial charge is 0.486 e. The Morgan fingerprint density at radius 1 is 1.15 bits per heavy atom. The molecule has 0 saturated heterocycles. The molecule has 0 aromatic heterocycles. The smallest absolute Gasteiger partial charge is 0.157 e. The van der Waals surface area contributed by atoms with Crippen LogP contribution in [0.4, 0.5) is 0 Å². The molecule has 0 bridgehead atoms. The van der Waals surface area contributed by atoms with Gasteiger partial charge in [-0.05, 0) is 35.4 Å². The molecule has 0 aliphatic heterocycles. The first-order valence-corrected chi connectivity index (χ1v) is 7.19. The molecule has 2 aromatic carbocycles. The number of rotatable bonds is 4. The lowest BCUT2D eigenvalue weighted by Crippen LogP contribution is -1.97. The van der Waals surface area contributed by atoms with Crippen LogP contribution in [0.25, 0.3) is 0 Å². The quantitative estimate of drug-likeness (QED) is 0.457. The van der Waals surface area contributed by atoms with Crippen LogP contribution in [-0.4, -0.2) is 11.4 Å². The van der Waals surface area contributed by atoms with Crippen LogP contribution >= 0.6 is 39.1 Å². The van der Waals surface area contributed by atoms with E-state index >= 15 is 0 Å². The zero-order valence-electron chi connectivity index (χ0n) is 10.2. The van der Waals surface area contributed by atoms with E-state index in [2.05, 4.69) is 21.1 Å². The summed E-state index contributed by atoms with van der Waals surface area (Å²) in [6, 6.07) is 11.0. The lowest BCUT2D eigenvalue weighted by Gasteiger charge is -2.11. The van der Waals surface area contributed by atoms with E-state index in [9.17, 15) is 0 Å². The number of benzene rings is 2. The molecular weight excluding hydrogens is 365 g/mol. The van der Waals surface area contributed by atoms with Crippen LogP contribution in [-0.2, 0) is 6.61 Å². The fourth-order valence-corrected chi connectivity index (χ4v) is 2.47. The van der Waals surface area contributed by atoms with E-state index in [-0.39, 0.29) is 0 Å². The fourth-order valence-electron chi connectivity index (χ4n) is 1.59. The Balaban J connectivity index is 2.15. The van der Waals surface area contributed by atoms with Gasteiger partial charge in [-0.2, -0.15) is 0 Å². The SMILES string of the molecule is O/N=C/c1cc(Cl)c(OCc2ccc(Br)cc2)c(Cl)c1. The minimum atomic E-state index is 0.361. The summed E-state index contributed by atoms with van der Waals surface area (Å²) in [7, 11) is 0. The predicted octanol–water partition coefficient (Wildman–Crippen LogP) is 5.14. The number of hydrogen-bond donors (Lipinski definition) is 1. The molecule has 0 unspecified atom stereocenters. The third-order valence-corrected chi connectivity index (χ3v) is 3.61. The van der Waals surface area contributed by atoms with E-state index in [1.54, 1.807) is 12.1 Å². The maximum Gasteiger partial charge on any atom is 0.157 e. The first kappa shape index (κ1) is 15.2. The van der Waals surface area contributed by atoms with Crippen molar-refractivity contribution in [2.45, 2.75) is 6.61 Å². The molecular formula is C14H10BrCl2NO2. The van der Waals surface area contributed by atoms with Gasteiger partial charge in [-0.15, -0.1) is 0 Å². The number of hydrogen-bond acceptors (Lipinski definition) is 3. The van der Waals surface area contributed by atoms with Gasteiger partial charge in [-0.1, -0.05) is 56.4 Å². The van der Waals surface area contributed by atoms with E-state index in [1.807, 2.05) is 24.3 Å². The zero-order valence-corrected chi connectivity index (χ0v) is 13.3. The summed E-state index contributed by atoms with van der Waals surface area (Å²) in [5.41, 5.74) is 1.60. The minimum absolute atomic E-state index is 0.361. The van der Waals surface area contributed by atoms with Gasteiger partial charge in [0.25, 0.3) is 0 Å². The summed E-state index contributed by atoms with van der Waals surface area (Å²) in [6.45, 7) is 0.361. The fraction of sp³-hybridized carbons (Fsp3) is 0.0714. The highest BCUT2D eigenvalue weighted by Gasteiger charge is 2.09. The van der Waals surface area contributed by atoms with Crippen LogP contribution in [0.15, 0.2) is 46.0 Å². The first-order valence-electron chi connectivity index (χ1n) is 5.64. The second-order valence-corrected chi connectivity index (χ2v) is 5.70. The van der Waals surface area contributed by atoms with Crippen molar-refractivity contribution in [3.63, 3.8) is 0 Å². The highest BCUT2D eigenvalue weighted by Crippen LogP contribution is 2.34. The molecule has 3 nitrogen and oxygen atoms in total. The lowest BCUT2D eigenvalue weighted by atomic mass is 10.2. The van der Waals surface area contributed by atoms with Crippen molar-refractivity contribution in [3.05, 3.63) is 62.0 Å². The molecule has 0 saturated carbocycles. The van der Waals surface area contributed by atoms with Crippen LogP contribution < -0.4 is 4.74 Å². The third kappa shape index (κ3) is 3.88. The van der Waals surface area contributed by atoms with Crippen LogP contribution in [0.2, 0.25) is 10.0 Å². The Morgan fingerprint density at radius 2 is 1.75 bits per heavy atom. The summed E-state index contributed by atoms with van der Waals surface area (Å²) in [6.07, 6.45) is 1.25. The van der Waals surface area contributed by atoms with Crippen LogP contribution in [0.3, 0.4) is 0 Å². The van der Waals surface area contributed by atoms with Crippen LogP contribution in [0, 0.1) is 0 Å². The minimum Gasteiger partial charge on any atom is -0.486 e. The van der Waals surface area contributed by atoms with Gasteiger partial charge in [-0.3, -0.25) is 0 Å². The summed E-state index contributed by atoms with van der Waals surface area (Å²) in [4.78, 5) is 0. The molecule has 0 spiro atoms. The molecule has 0 fully saturated rings. The van der Waals surface area contributed by atoms with Gasteiger partial charge in [0.2, 0.25) is 0 Å². The molecule has 1 N–H and O–H groups in total. The van der Waals surface area contributed by atoms with E-state index in [0.717, 1.165) is 10.0 Å². The van der Waals surface area contributed by atoms with Crippen molar-refractivity contribution >= 4 is 45.3 Å². The molecule has 0 heterocycles. The Morgan fingerprint density at radius 3 is 2.30 bits per heavy atom. The Hall–Kier alpha value is -1.23. The van der Waals surface area contributed by atoms with Gasteiger partial charge in [0.1, 0.15) is 6.61 Å². The van der Waals surface area contributed by atoms with Crippen molar-refractivity contribution in [3.8, 4) is 5.75 Å². The van der Waals surface area contributed by atoms with Gasteiger partial charge in [-0.25, -0.2) is 0 Å². The standard InChI is InChI=1S/C14H10BrCl2NO2/c15-11-3-1-9(2-4-11)8-20-14-12(16)5-10(7-18-19)6-13(14)17/h1-7,19H,8H2/b18-7+. The number of ether oxygens (including phenoxy) is 1.